The number of benzene rings is 1. The SMILES string of the molecule is C=CCN(C(=O)[C@H]1[C@H]2C(=O)N(CCO)C(C(=O)N(CC=C)C(C)(C)C)C23CC(C)[C@]1(C)O3)c1ccc(OCC)cc1. The molecule has 3 aliphatic heterocycles. The Morgan fingerprint density at radius 2 is 1.80 bits per heavy atom. The van der Waals surface area contributed by atoms with Gasteiger partial charge in [0.25, 0.3) is 0 Å². The van der Waals surface area contributed by atoms with Crippen molar-refractivity contribution in [1.82, 2.24) is 9.80 Å². The molecule has 3 saturated heterocycles. The monoisotopic (exact) mass is 567 g/mol. The second-order valence-corrected chi connectivity index (χ2v) is 12.5. The van der Waals surface area contributed by atoms with Crippen LogP contribution in [-0.2, 0) is 19.1 Å². The van der Waals surface area contributed by atoms with Gasteiger partial charge in [0.05, 0.1) is 30.7 Å². The van der Waals surface area contributed by atoms with Crippen LogP contribution in [0, 0.1) is 17.8 Å². The van der Waals surface area contributed by atoms with Crippen molar-refractivity contribution in [3.8, 4) is 5.75 Å². The molecule has 1 aromatic rings. The van der Waals surface area contributed by atoms with Crippen molar-refractivity contribution in [2.75, 3.05) is 37.7 Å². The van der Waals surface area contributed by atoms with Crippen LogP contribution >= 0.6 is 0 Å². The highest BCUT2D eigenvalue weighted by Crippen LogP contribution is 2.65. The van der Waals surface area contributed by atoms with Gasteiger partial charge in [-0.2, -0.15) is 0 Å². The van der Waals surface area contributed by atoms with Crippen molar-refractivity contribution in [2.24, 2.45) is 17.8 Å². The van der Waals surface area contributed by atoms with Gasteiger partial charge in [0, 0.05) is 30.9 Å². The first-order valence-corrected chi connectivity index (χ1v) is 14.5. The highest BCUT2D eigenvalue weighted by molar-refractivity contribution is 6.03. The number of aliphatic hydroxyl groups is 1. The number of fused-ring (bicyclic) bond motifs is 1. The Labute approximate surface area is 243 Å². The Balaban J connectivity index is 1.81. The second kappa shape index (κ2) is 11.2. The number of amides is 3. The number of carbonyl (C=O) groups excluding carboxylic acids is 3. The average Bonchev–Trinajstić information content (AvgIpc) is 3.42. The van der Waals surface area contributed by atoms with Crippen LogP contribution in [0.25, 0.3) is 0 Å². The summed E-state index contributed by atoms with van der Waals surface area (Å²) in [5.74, 6) is -1.94. The number of ether oxygens (including phenoxy) is 2. The molecule has 0 saturated carbocycles. The maximum atomic E-state index is 14.5. The van der Waals surface area contributed by atoms with Crippen LogP contribution in [-0.4, -0.2) is 88.3 Å². The smallest absolute Gasteiger partial charge is 0.249 e. The molecule has 2 bridgehead atoms. The number of β-amino-alcohol motifs (C(OH)–C–C–N with tert-alkyl or cyclic N) is 1. The number of rotatable bonds is 11. The van der Waals surface area contributed by atoms with Crippen molar-refractivity contribution >= 4 is 23.4 Å². The van der Waals surface area contributed by atoms with E-state index in [2.05, 4.69) is 13.2 Å². The molecule has 1 N–H and O–H groups in total. The van der Waals surface area contributed by atoms with Crippen LogP contribution in [0.1, 0.15) is 48.0 Å². The maximum absolute atomic E-state index is 14.5. The van der Waals surface area contributed by atoms with E-state index in [4.69, 9.17) is 9.47 Å². The van der Waals surface area contributed by atoms with E-state index in [1.54, 1.807) is 22.0 Å². The Morgan fingerprint density at radius 1 is 1.17 bits per heavy atom. The van der Waals surface area contributed by atoms with E-state index in [0.29, 0.717) is 31.0 Å². The molecular weight excluding hydrogens is 522 g/mol. The van der Waals surface area contributed by atoms with Crippen molar-refractivity contribution in [2.45, 2.75) is 70.7 Å². The maximum Gasteiger partial charge on any atom is 0.249 e. The fraction of sp³-hybridized carbons (Fsp3) is 0.594. The summed E-state index contributed by atoms with van der Waals surface area (Å²) < 4.78 is 12.4. The van der Waals surface area contributed by atoms with Gasteiger partial charge in [-0.05, 0) is 71.2 Å². The number of aliphatic hydroxyl groups excluding tert-OH is 1. The minimum absolute atomic E-state index is 0.0236. The van der Waals surface area contributed by atoms with E-state index >= 15 is 0 Å². The molecule has 3 aliphatic rings. The Kier molecular flexibility index (Phi) is 8.45. The lowest BCUT2D eigenvalue weighted by Gasteiger charge is -2.42. The van der Waals surface area contributed by atoms with E-state index in [-0.39, 0.29) is 43.3 Å². The third-order valence-corrected chi connectivity index (χ3v) is 9.08. The number of likely N-dealkylation sites (tertiary alicyclic amines) is 1. The molecule has 1 spiro atoms. The first-order valence-electron chi connectivity index (χ1n) is 14.5. The van der Waals surface area contributed by atoms with Gasteiger partial charge in [-0.25, -0.2) is 0 Å². The highest BCUT2D eigenvalue weighted by Gasteiger charge is 2.80. The number of anilines is 1. The lowest BCUT2D eigenvalue weighted by Crippen LogP contribution is -2.60. The normalized spacial score (nSPS) is 30.2. The van der Waals surface area contributed by atoms with Gasteiger partial charge >= 0.3 is 0 Å². The molecule has 3 heterocycles. The summed E-state index contributed by atoms with van der Waals surface area (Å²) in [6.07, 6.45) is 3.78. The first kappa shape index (κ1) is 30.8. The third-order valence-electron chi connectivity index (χ3n) is 9.08. The average molecular weight is 568 g/mol. The Bertz CT molecular complexity index is 1190. The van der Waals surface area contributed by atoms with Crippen LogP contribution in [0.5, 0.6) is 5.75 Å². The van der Waals surface area contributed by atoms with Crippen LogP contribution in [0.2, 0.25) is 0 Å². The van der Waals surface area contributed by atoms with Gasteiger partial charge in [-0.3, -0.25) is 14.4 Å². The molecule has 4 rings (SSSR count). The van der Waals surface area contributed by atoms with Crippen LogP contribution in [0.15, 0.2) is 49.6 Å². The van der Waals surface area contributed by atoms with Crippen LogP contribution in [0.4, 0.5) is 5.69 Å². The van der Waals surface area contributed by atoms with Gasteiger partial charge in [-0.1, -0.05) is 19.1 Å². The standard InChI is InChI=1S/C32H45N3O6/c1-9-16-33(22-12-14-23(15-13-22)40-11-3)27(37)24-25-28(38)34(18-19-36)26(29(39)35(17-10-2)30(5,6)7)32(25)20-21(4)31(24,8)41-32/h9-10,12-15,21,24-26,36H,1-2,11,16-20H2,3-8H3/t21?,24-,25+,26?,31+,32?/m1/s1. The summed E-state index contributed by atoms with van der Waals surface area (Å²) >= 11 is 0. The number of hydrogen-bond acceptors (Lipinski definition) is 6. The summed E-state index contributed by atoms with van der Waals surface area (Å²) in [4.78, 5) is 47.9. The van der Waals surface area contributed by atoms with E-state index in [1.807, 2.05) is 65.8 Å². The molecule has 0 radical (unpaired) electrons. The van der Waals surface area contributed by atoms with Crippen LogP contribution < -0.4 is 9.64 Å². The molecule has 3 amide bonds. The summed E-state index contributed by atoms with van der Waals surface area (Å²) in [5.41, 5.74) is -2.05. The second-order valence-electron chi connectivity index (χ2n) is 12.5. The molecule has 9 nitrogen and oxygen atoms in total. The zero-order valence-electron chi connectivity index (χ0n) is 25.3. The lowest BCUT2D eigenvalue weighted by atomic mass is 9.62. The zero-order chi connectivity index (χ0) is 30.3. The van der Waals surface area contributed by atoms with Gasteiger partial charge in [0.15, 0.2) is 0 Å². The Hall–Kier alpha value is -3.17. The zero-order valence-corrected chi connectivity index (χ0v) is 25.3. The minimum Gasteiger partial charge on any atom is -0.494 e. The van der Waals surface area contributed by atoms with Crippen molar-refractivity contribution < 1.29 is 29.0 Å². The van der Waals surface area contributed by atoms with Gasteiger partial charge in [0.1, 0.15) is 17.4 Å². The summed E-state index contributed by atoms with van der Waals surface area (Å²) in [6, 6.07) is 6.29. The number of hydrogen-bond donors (Lipinski definition) is 1. The molecular formula is C32H45N3O6. The van der Waals surface area contributed by atoms with E-state index in [0.717, 1.165) is 0 Å². The summed E-state index contributed by atoms with van der Waals surface area (Å²) in [5, 5.41) is 9.95. The molecule has 0 aliphatic carbocycles. The first-order chi connectivity index (χ1) is 19.3. The number of carbonyl (C=O) groups is 3. The van der Waals surface area contributed by atoms with E-state index in [9.17, 15) is 19.5 Å². The number of nitrogens with zero attached hydrogens (tertiary/aromatic N) is 3. The largest absolute Gasteiger partial charge is 0.494 e. The minimum atomic E-state index is -1.19. The molecule has 6 atom stereocenters. The quantitative estimate of drug-likeness (QED) is 0.412. The van der Waals surface area contributed by atoms with Crippen molar-refractivity contribution in [3.63, 3.8) is 0 Å². The third kappa shape index (κ3) is 4.87. The fourth-order valence-corrected chi connectivity index (χ4v) is 7.22. The van der Waals surface area contributed by atoms with Crippen molar-refractivity contribution in [1.29, 1.82) is 0 Å². The molecule has 3 unspecified atom stereocenters. The molecule has 3 fully saturated rings. The van der Waals surface area contributed by atoms with Crippen molar-refractivity contribution in [3.05, 3.63) is 49.6 Å². The molecule has 9 heteroatoms. The predicted octanol–water partition coefficient (Wildman–Crippen LogP) is 3.42. The lowest BCUT2D eigenvalue weighted by molar-refractivity contribution is -0.155. The predicted molar refractivity (Wildman–Crippen MR) is 157 cm³/mol. The topological polar surface area (TPSA) is 99.6 Å². The summed E-state index contributed by atoms with van der Waals surface area (Å²) in [7, 11) is 0. The van der Waals surface area contributed by atoms with Gasteiger partial charge < -0.3 is 29.3 Å². The van der Waals surface area contributed by atoms with Gasteiger partial charge in [-0.15, -0.1) is 13.2 Å². The van der Waals surface area contributed by atoms with Crippen LogP contribution in [0.3, 0.4) is 0 Å². The fourth-order valence-electron chi connectivity index (χ4n) is 7.22. The summed E-state index contributed by atoms with van der Waals surface area (Å²) in [6.45, 7) is 20.0. The highest BCUT2D eigenvalue weighted by atomic mass is 16.5. The molecule has 41 heavy (non-hydrogen) atoms. The molecule has 0 aromatic heterocycles. The van der Waals surface area contributed by atoms with Gasteiger partial charge in [0.2, 0.25) is 17.7 Å². The Morgan fingerprint density at radius 3 is 2.34 bits per heavy atom. The molecule has 224 valence electrons. The molecule has 1 aromatic carbocycles. The van der Waals surface area contributed by atoms with E-state index < -0.39 is 34.6 Å². The van der Waals surface area contributed by atoms with E-state index in [1.165, 1.54) is 4.90 Å².